The molecule has 0 radical (unpaired) electrons. The lowest BCUT2D eigenvalue weighted by atomic mass is 10.0. The smallest absolute Gasteiger partial charge is 0.211 e. The predicted octanol–water partition coefficient (Wildman–Crippen LogP) is 2.18. The van der Waals surface area contributed by atoms with E-state index < -0.39 is 10.0 Å². The highest BCUT2D eigenvalue weighted by Gasteiger charge is 2.07. The van der Waals surface area contributed by atoms with Gasteiger partial charge in [-0.2, -0.15) is 0 Å². The Morgan fingerprint density at radius 1 is 1.24 bits per heavy atom. The Kier molecular flexibility index (Phi) is 5.15. The molecule has 0 aliphatic carbocycles. The van der Waals surface area contributed by atoms with Crippen LogP contribution in [0.3, 0.4) is 0 Å². The molecule has 0 bridgehead atoms. The van der Waals surface area contributed by atoms with Gasteiger partial charge in [-0.1, -0.05) is 30.7 Å². The van der Waals surface area contributed by atoms with Gasteiger partial charge in [-0.15, -0.1) is 0 Å². The van der Waals surface area contributed by atoms with Gasteiger partial charge >= 0.3 is 0 Å². The van der Waals surface area contributed by atoms with Gasteiger partial charge in [0.1, 0.15) is 0 Å². The molecule has 0 heterocycles. The van der Waals surface area contributed by atoms with Gasteiger partial charge in [0.25, 0.3) is 0 Å². The van der Waals surface area contributed by atoms with Crippen molar-refractivity contribution in [2.75, 3.05) is 12.3 Å². The molecular weight excluding hydrogens is 234 g/mol. The van der Waals surface area contributed by atoms with Crippen LogP contribution >= 0.6 is 0 Å². The van der Waals surface area contributed by atoms with Gasteiger partial charge in [-0.25, -0.2) is 13.1 Å². The third-order valence-electron chi connectivity index (χ3n) is 2.69. The molecule has 96 valence electrons. The molecule has 0 saturated heterocycles. The predicted molar refractivity (Wildman–Crippen MR) is 71.7 cm³/mol. The maximum absolute atomic E-state index is 11.5. The Labute approximate surface area is 104 Å². The molecule has 1 N–H and O–H groups in total. The van der Waals surface area contributed by atoms with E-state index >= 15 is 0 Å². The summed E-state index contributed by atoms with van der Waals surface area (Å²) in [5, 5.41) is 0. The summed E-state index contributed by atoms with van der Waals surface area (Å²) in [5.74, 6) is 0.208. The molecule has 17 heavy (non-hydrogen) atoms. The number of hydrogen-bond donors (Lipinski definition) is 1. The van der Waals surface area contributed by atoms with E-state index in [1.807, 2.05) is 13.8 Å². The van der Waals surface area contributed by atoms with Crippen LogP contribution < -0.4 is 4.72 Å². The van der Waals surface area contributed by atoms with Crippen LogP contribution in [0.5, 0.6) is 0 Å². The van der Waals surface area contributed by atoms with Crippen molar-refractivity contribution in [3.8, 4) is 0 Å². The van der Waals surface area contributed by atoms with Crippen molar-refractivity contribution in [3.05, 3.63) is 34.9 Å². The van der Waals surface area contributed by atoms with E-state index in [0.717, 1.165) is 6.42 Å². The fraction of sp³-hybridized carbons (Fsp3) is 0.538. The van der Waals surface area contributed by atoms with Gasteiger partial charge in [-0.3, -0.25) is 0 Å². The van der Waals surface area contributed by atoms with E-state index in [-0.39, 0.29) is 5.75 Å². The number of rotatable bonds is 6. The summed E-state index contributed by atoms with van der Waals surface area (Å²) in [7, 11) is -3.07. The normalized spacial score (nSPS) is 11.7. The first kappa shape index (κ1) is 14.2. The molecule has 3 nitrogen and oxygen atoms in total. The molecule has 0 fully saturated rings. The molecule has 0 aliphatic heterocycles. The van der Waals surface area contributed by atoms with E-state index in [2.05, 4.69) is 29.8 Å². The van der Waals surface area contributed by atoms with E-state index in [1.54, 1.807) is 0 Å². The second-order valence-corrected chi connectivity index (χ2v) is 6.32. The number of sulfonamides is 1. The summed E-state index contributed by atoms with van der Waals surface area (Å²) >= 11 is 0. The van der Waals surface area contributed by atoms with Crippen LogP contribution in [0, 0.1) is 13.8 Å². The molecule has 0 saturated carbocycles. The zero-order valence-electron chi connectivity index (χ0n) is 10.8. The second kappa shape index (κ2) is 6.17. The Bertz CT molecular complexity index is 466. The molecule has 0 spiro atoms. The Morgan fingerprint density at radius 3 is 2.59 bits per heavy atom. The largest absolute Gasteiger partial charge is 0.215 e. The fourth-order valence-electron chi connectivity index (χ4n) is 1.75. The summed E-state index contributed by atoms with van der Waals surface area (Å²) in [4.78, 5) is 0. The van der Waals surface area contributed by atoms with Gasteiger partial charge in [0.05, 0.1) is 5.75 Å². The lowest BCUT2D eigenvalue weighted by Crippen LogP contribution is -2.28. The summed E-state index contributed by atoms with van der Waals surface area (Å²) in [6.45, 7) is 6.44. The summed E-state index contributed by atoms with van der Waals surface area (Å²) < 4.78 is 25.6. The molecular formula is C13H21NO2S. The SMILES string of the molecule is CCCS(=O)(=O)NCCc1cc(C)ccc1C. The summed E-state index contributed by atoms with van der Waals surface area (Å²) in [6.07, 6.45) is 1.40. The molecule has 1 aromatic rings. The zero-order chi connectivity index (χ0) is 12.9. The van der Waals surface area contributed by atoms with Crippen LogP contribution in [0.25, 0.3) is 0 Å². The first-order valence-corrected chi connectivity index (χ1v) is 7.63. The monoisotopic (exact) mass is 255 g/mol. The number of benzene rings is 1. The summed E-state index contributed by atoms with van der Waals surface area (Å²) in [5.41, 5.74) is 3.64. The van der Waals surface area contributed by atoms with Crippen LogP contribution in [-0.2, 0) is 16.4 Å². The third-order valence-corrected chi connectivity index (χ3v) is 4.28. The molecule has 0 aromatic heterocycles. The highest BCUT2D eigenvalue weighted by atomic mass is 32.2. The standard InChI is InChI=1S/C13H21NO2S/c1-4-9-17(15,16)14-8-7-13-10-11(2)5-6-12(13)3/h5-6,10,14H,4,7-9H2,1-3H3. The molecule has 4 heteroatoms. The highest BCUT2D eigenvalue weighted by molar-refractivity contribution is 7.89. The Hall–Kier alpha value is -0.870. The maximum atomic E-state index is 11.5. The lowest BCUT2D eigenvalue weighted by molar-refractivity contribution is 0.580. The molecule has 0 amide bonds. The van der Waals surface area contributed by atoms with Crippen molar-refractivity contribution in [2.45, 2.75) is 33.6 Å². The van der Waals surface area contributed by atoms with Crippen molar-refractivity contribution in [3.63, 3.8) is 0 Å². The van der Waals surface area contributed by atoms with Crippen LogP contribution in [0.15, 0.2) is 18.2 Å². The minimum absolute atomic E-state index is 0.208. The van der Waals surface area contributed by atoms with Crippen molar-refractivity contribution >= 4 is 10.0 Å². The average Bonchev–Trinajstić information content (AvgIpc) is 2.23. The highest BCUT2D eigenvalue weighted by Crippen LogP contribution is 2.10. The van der Waals surface area contributed by atoms with Gasteiger partial charge in [-0.05, 0) is 37.8 Å². The van der Waals surface area contributed by atoms with E-state index in [4.69, 9.17) is 0 Å². The molecule has 0 aliphatic rings. The fourth-order valence-corrected chi connectivity index (χ4v) is 2.85. The number of hydrogen-bond acceptors (Lipinski definition) is 2. The number of aryl methyl sites for hydroxylation is 2. The molecule has 0 atom stereocenters. The topological polar surface area (TPSA) is 46.2 Å². The van der Waals surface area contributed by atoms with Gasteiger partial charge in [0.2, 0.25) is 10.0 Å². The number of nitrogens with one attached hydrogen (secondary N) is 1. The van der Waals surface area contributed by atoms with Gasteiger partial charge in [0.15, 0.2) is 0 Å². The lowest BCUT2D eigenvalue weighted by Gasteiger charge is -2.08. The third kappa shape index (κ3) is 4.88. The van der Waals surface area contributed by atoms with E-state index in [9.17, 15) is 8.42 Å². The molecule has 1 rings (SSSR count). The summed E-state index contributed by atoms with van der Waals surface area (Å²) in [6, 6.07) is 6.26. The minimum Gasteiger partial charge on any atom is -0.215 e. The van der Waals surface area contributed by atoms with Crippen molar-refractivity contribution in [2.24, 2.45) is 0 Å². The molecule has 1 aromatic carbocycles. The van der Waals surface area contributed by atoms with Crippen molar-refractivity contribution < 1.29 is 8.42 Å². The first-order chi connectivity index (χ1) is 7.94. The first-order valence-electron chi connectivity index (χ1n) is 5.98. The van der Waals surface area contributed by atoms with Crippen LogP contribution in [0.4, 0.5) is 0 Å². The van der Waals surface area contributed by atoms with Crippen molar-refractivity contribution in [1.82, 2.24) is 4.72 Å². The van der Waals surface area contributed by atoms with Crippen molar-refractivity contribution in [1.29, 1.82) is 0 Å². The Balaban J connectivity index is 2.54. The quantitative estimate of drug-likeness (QED) is 0.847. The van der Waals surface area contributed by atoms with E-state index in [1.165, 1.54) is 16.7 Å². The van der Waals surface area contributed by atoms with E-state index in [0.29, 0.717) is 13.0 Å². The zero-order valence-corrected chi connectivity index (χ0v) is 11.6. The van der Waals surface area contributed by atoms with Gasteiger partial charge < -0.3 is 0 Å². The molecule has 0 unspecified atom stereocenters. The second-order valence-electron chi connectivity index (χ2n) is 4.39. The minimum atomic E-state index is -3.07. The maximum Gasteiger partial charge on any atom is 0.211 e. The van der Waals surface area contributed by atoms with Crippen LogP contribution in [-0.4, -0.2) is 20.7 Å². The van der Waals surface area contributed by atoms with Crippen LogP contribution in [0.1, 0.15) is 30.0 Å². The average molecular weight is 255 g/mol. The van der Waals surface area contributed by atoms with Gasteiger partial charge in [0, 0.05) is 6.54 Å². The Morgan fingerprint density at radius 2 is 1.94 bits per heavy atom. The van der Waals surface area contributed by atoms with Crippen LogP contribution in [0.2, 0.25) is 0 Å².